The van der Waals surface area contributed by atoms with Crippen LogP contribution >= 0.6 is 12.4 Å². The summed E-state index contributed by atoms with van der Waals surface area (Å²) in [5.74, 6) is 0.413. The second-order valence-corrected chi connectivity index (χ2v) is 4.00. The van der Waals surface area contributed by atoms with Gasteiger partial charge in [0, 0.05) is 0 Å². The molecule has 0 unspecified atom stereocenters. The maximum Gasteiger partial charge on any atom is 0.129 e. The van der Waals surface area contributed by atoms with Crippen LogP contribution in [0.3, 0.4) is 0 Å². The highest BCUT2D eigenvalue weighted by atomic mass is 35.5. The van der Waals surface area contributed by atoms with Crippen molar-refractivity contribution in [1.29, 1.82) is 0 Å². The Morgan fingerprint density at radius 3 is 2.60 bits per heavy atom. The van der Waals surface area contributed by atoms with Gasteiger partial charge in [-0.15, -0.1) is 12.4 Å². The van der Waals surface area contributed by atoms with Crippen molar-refractivity contribution in [3.8, 4) is 0 Å². The average molecular weight is 230 g/mol. The molecule has 0 aliphatic carbocycles. The van der Waals surface area contributed by atoms with E-state index in [1.54, 1.807) is 0 Å². The van der Waals surface area contributed by atoms with Crippen LogP contribution in [0.4, 0.5) is 4.39 Å². The second-order valence-electron chi connectivity index (χ2n) is 4.00. The number of rotatable bonds is 1. The molecule has 3 heteroatoms. The van der Waals surface area contributed by atoms with Crippen molar-refractivity contribution in [2.75, 3.05) is 13.1 Å². The van der Waals surface area contributed by atoms with Gasteiger partial charge in [-0.3, -0.25) is 0 Å². The summed E-state index contributed by atoms with van der Waals surface area (Å²) in [5, 5.41) is 3.30. The number of benzene rings is 1. The van der Waals surface area contributed by atoms with Gasteiger partial charge in [0.15, 0.2) is 0 Å². The predicted octanol–water partition coefficient (Wildman–Crippen LogP) is 3.02. The van der Waals surface area contributed by atoms with Gasteiger partial charge in [-0.25, -0.2) is 4.39 Å². The maximum atomic E-state index is 13.8. The zero-order chi connectivity index (χ0) is 9.97. The van der Waals surface area contributed by atoms with E-state index in [-0.39, 0.29) is 18.2 Å². The SMILES string of the molecule is Cc1cccc(C2CCNCC2)c1F.Cl. The topological polar surface area (TPSA) is 12.0 Å². The van der Waals surface area contributed by atoms with Gasteiger partial charge >= 0.3 is 0 Å². The van der Waals surface area contributed by atoms with Crippen molar-refractivity contribution < 1.29 is 4.39 Å². The molecular weight excluding hydrogens is 213 g/mol. The van der Waals surface area contributed by atoms with Crippen LogP contribution in [0.25, 0.3) is 0 Å². The van der Waals surface area contributed by atoms with E-state index in [1.165, 1.54) is 0 Å². The number of nitrogens with one attached hydrogen (secondary N) is 1. The highest BCUT2D eigenvalue weighted by Crippen LogP contribution is 2.28. The molecule has 1 nitrogen and oxygen atoms in total. The van der Waals surface area contributed by atoms with Gasteiger partial charge in [0.25, 0.3) is 0 Å². The Morgan fingerprint density at radius 1 is 1.27 bits per heavy atom. The summed E-state index contributed by atoms with van der Waals surface area (Å²) in [7, 11) is 0. The lowest BCUT2D eigenvalue weighted by molar-refractivity contribution is 0.444. The summed E-state index contributed by atoms with van der Waals surface area (Å²) >= 11 is 0. The van der Waals surface area contributed by atoms with E-state index < -0.39 is 0 Å². The van der Waals surface area contributed by atoms with Crippen LogP contribution in [0.1, 0.15) is 29.9 Å². The lowest BCUT2D eigenvalue weighted by atomic mass is 9.89. The quantitative estimate of drug-likeness (QED) is 0.781. The molecular formula is C12H17ClFN. The van der Waals surface area contributed by atoms with Crippen LogP contribution in [0.2, 0.25) is 0 Å². The molecule has 0 bridgehead atoms. The van der Waals surface area contributed by atoms with E-state index in [0.29, 0.717) is 5.92 Å². The number of piperidine rings is 1. The Bertz CT molecular complexity index is 321. The zero-order valence-electron chi connectivity index (χ0n) is 8.92. The molecule has 84 valence electrons. The van der Waals surface area contributed by atoms with E-state index in [2.05, 4.69) is 5.32 Å². The van der Waals surface area contributed by atoms with Gasteiger partial charge in [-0.2, -0.15) is 0 Å². The third kappa shape index (κ3) is 2.70. The number of hydrogen-bond donors (Lipinski definition) is 1. The summed E-state index contributed by atoms with van der Waals surface area (Å²) in [6.07, 6.45) is 2.11. The Morgan fingerprint density at radius 2 is 1.93 bits per heavy atom. The van der Waals surface area contributed by atoms with Crippen molar-refractivity contribution >= 4 is 12.4 Å². The summed E-state index contributed by atoms with van der Waals surface area (Å²) in [6, 6.07) is 5.72. The van der Waals surface area contributed by atoms with Crippen LogP contribution in [0.15, 0.2) is 18.2 Å². The van der Waals surface area contributed by atoms with Gasteiger partial charge < -0.3 is 5.32 Å². The first-order chi connectivity index (χ1) is 6.79. The van der Waals surface area contributed by atoms with E-state index >= 15 is 0 Å². The molecule has 0 atom stereocenters. The van der Waals surface area contributed by atoms with Crippen LogP contribution in [-0.2, 0) is 0 Å². The Labute approximate surface area is 96.5 Å². The number of hydrogen-bond acceptors (Lipinski definition) is 1. The van der Waals surface area contributed by atoms with Crippen LogP contribution in [-0.4, -0.2) is 13.1 Å². The largest absolute Gasteiger partial charge is 0.317 e. The molecule has 0 saturated carbocycles. The number of aryl methyl sites for hydroxylation is 1. The molecule has 1 aromatic carbocycles. The van der Waals surface area contributed by atoms with Gasteiger partial charge in [-0.1, -0.05) is 18.2 Å². The summed E-state index contributed by atoms with van der Waals surface area (Å²) in [4.78, 5) is 0. The van der Waals surface area contributed by atoms with E-state index in [1.807, 2.05) is 25.1 Å². The minimum atomic E-state index is -0.000556. The lowest BCUT2D eigenvalue weighted by Crippen LogP contribution is -2.27. The third-order valence-corrected chi connectivity index (χ3v) is 3.00. The normalized spacial score (nSPS) is 17.2. The molecule has 15 heavy (non-hydrogen) atoms. The average Bonchev–Trinajstić information content (AvgIpc) is 2.23. The zero-order valence-corrected chi connectivity index (χ0v) is 9.74. The molecule has 1 heterocycles. The van der Waals surface area contributed by atoms with E-state index in [9.17, 15) is 4.39 Å². The van der Waals surface area contributed by atoms with Crippen molar-refractivity contribution in [2.24, 2.45) is 0 Å². The highest BCUT2D eigenvalue weighted by molar-refractivity contribution is 5.85. The Balaban J connectivity index is 0.00000112. The molecule has 0 spiro atoms. The molecule has 1 aromatic rings. The summed E-state index contributed by atoms with van der Waals surface area (Å²) < 4.78 is 13.8. The Kier molecular flexibility index (Phi) is 4.55. The minimum Gasteiger partial charge on any atom is -0.317 e. The first-order valence-electron chi connectivity index (χ1n) is 5.25. The molecule has 2 rings (SSSR count). The molecule has 1 saturated heterocycles. The predicted molar refractivity (Wildman–Crippen MR) is 63.2 cm³/mol. The van der Waals surface area contributed by atoms with Crippen LogP contribution in [0.5, 0.6) is 0 Å². The van der Waals surface area contributed by atoms with Crippen molar-refractivity contribution in [3.63, 3.8) is 0 Å². The van der Waals surface area contributed by atoms with E-state index in [4.69, 9.17) is 0 Å². The van der Waals surface area contributed by atoms with E-state index in [0.717, 1.165) is 37.1 Å². The van der Waals surface area contributed by atoms with Crippen molar-refractivity contribution in [3.05, 3.63) is 35.1 Å². The van der Waals surface area contributed by atoms with Crippen LogP contribution in [0, 0.1) is 12.7 Å². The summed E-state index contributed by atoms with van der Waals surface area (Å²) in [6.45, 7) is 3.86. The molecule has 1 aliphatic heterocycles. The molecule has 0 radical (unpaired) electrons. The number of halogens is 2. The van der Waals surface area contributed by atoms with Gasteiger partial charge in [0.1, 0.15) is 5.82 Å². The summed E-state index contributed by atoms with van der Waals surface area (Å²) in [5.41, 5.74) is 1.67. The third-order valence-electron chi connectivity index (χ3n) is 3.00. The van der Waals surface area contributed by atoms with Gasteiger partial charge in [-0.05, 0) is 49.9 Å². The van der Waals surface area contributed by atoms with Crippen molar-refractivity contribution in [1.82, 2.24) is 5.32 Å². The minimum absolute atomic E-state index is 0. The van der Waals surface area contributed by atoms with Crippen LogP contribution < -0.4 is 5.32 Å². The first kappa shape index (κ1) is 12.5. The highest BCUT2D eigenvalue weighted by Gasteiger charge is 2.18. The monoisotopic (exact) mass is 229 g/mol. The molecule has 0 amide bonds. The molecule has 1 fully saturated rings. The Hall–Kier alpha value is -0.600. The fraction of sp³-hybridized carbons (Fsp3) is 0.500. The first-order valence-corrected chi connectivity index (χ1v) is 5.25. The lowest BCUT2D eigenvalue weighted by Gasteiger charge is -2.23. The standard InChI is InChI=1S/C12H16FN.ClH/c1-9-3-2-4-11(12(9)13)10-5-7-14-8-6-10;/h2-4,10,14H,5-8H2,1H3;1H. The van der Waals surface area contributed by atoms with Gasteiger partial charge in [0.05, 0.1) is 0 Å². The second kappa shape index (κ2) is 5.47. The maximum absolute atomic E-state index is 13.8. The van der Waals surface area contributed by atoms with Crippen molar-refractivity contribution in [2.45, 2.75) is 25.7 Å². The fourth-order valence-corrected chi connectivity index (χ4v) is 2.12. The molecule has 1 aliphatic rings. The molecule has 1 N–H and O–H groups in total. The fourth-order valence-electron chi connectivity index (χ4n) is 2.12. The van der Waals surface area contributed by atoms with Gasteiger partial charge in [0.2, 0.25) is 0 Å². The smallest absolute Gasteiger partial charge is 0.129 e. The molecule has 0 aromatic heterocycles.